The van der Waals surface area contributed by atoms with Gasteiger partial charge in [0.05, 0.1) is 10.1 Å². The van der Waals surface area contributed by atoms with Crippen LogP contribution in [0.25, 0.3) is 5.57 Å². The molecule has 1 N–H and O–H groups in total. The van der Waals surface area contributed by atoms with E-state index in [4.69, 9.17) is 5.11 Å². The van der Waals surface area contributed by atoms with Gasteiger partial charge in [-0.15, -0.1) is 0 Å². The maximum atomic E-state index is 12.0. The van der Waals surface area contributed by atoms with Crippen LogP contribution in [-0.2, 0) is 14.6 Å². The minimum atomic E-state index is -3.34. The fourth-order valence-corrected chi connectivity index (χ4v) is 2.56. The van der Waals surface area contributed by atoms with Gasteiger partial charge in [-0.05, 0) is 44.0 Å². The van der Waals surface area contributed by atoms with Crippen molar-refractivity contribution in [1.29, 1.82) is 0 Å². The SMILES string of the molecule is C/C(=C\C(=O)O)c1cccc(S(=O)(=O)C(C)C)c1. The predicted molar refractivity (Wildman–Crippen MR) is 70.1 cm³/mol. The molecule has 0 saturated carbocycles. The molecule has 0 aromatic heterocycles. The van der Waals surface area contributed by atoms with Crippen LogP contribution in [0.5, 0.6) is 0 Å². The molecule has 1 aromatic carbocycles. The van der Waals surface area contributed by atoms with Crippen molar-refractivity contribution in [2.75, 3.05) is 0 Å². The van der Waals surface area contributed by atoms with Crippen LogP contribution in [0.1, 0.15) is 26.3 Å². The lowest BCUT2D eigenvalue weighted by molar-refractivity contribution is -0.131. The average Bonchev–Trinajstić information content (AvgIpc) is 2.28. The monoisotopic (exact) mass is 268 g/mol. The summed E-state index contributed by atoms with van der Waals surface area (Å²) >= 11 is 0. The molecule has 4 nitrogen and oxygen atoms in total. The first-order chi connectivity index (χ1) is 8.25. The molecular weight excluding hydrogens is 252 g/mol. The number of sulfone groups is 1. The maximum Gasteiger partial charge on any atom is 0.328 e. The summed E-state index contributed by atoms with van der Waals surface area (Å²) < 4.78 is 24.0. The molecule has 0 heterocycles. The lowest BCUT2D eigenvalue weighted by Gasteiger charge is -2.09. The molecule has 1 rings (SSSR count). The van der Waals surface area contributed by atoms with Gasteiger partial charge in [-0.1, -0.05) is 12.1 Å². The van der Waals surface area contributed by atoms with Crippen molar-refractivity contribution in [2.24, 2.45) is 0 Å². The largest absolute Gasteiger partial charge is 0.478 e. The molecule has 0 unspecified atom stereocenters. The Kier molecular flexibility index (Phi) is 4.29. The lowest BCUT2D eigenvalue weighted by atomic mass is 10.1. The van der Waals surface area contributed by atoms with Gasteiger partial charge in [-0.2, -0.15) is 0 Å². The van der Waals surface area contributed by atoms with Crippen LogP contribution in [0, 0.1) is 0 Å². The number of allylic oxidation sites excluding steroid dienone is 1. The quantitative estimate of drug-likeness (QED) is 0.851. The number of carboxylic acids is 1. The zero-order chi connectivity index (χ0) is 13.9. The molecule has 5 heteroatoms. The summed E-state index contributed by atoms with van der Waals surface area (Å²) in [4.78, 5) is 10.8. The second-order valence-corrected chi connectivity index (χ2v) is 6.79. The minimum absolute atomic E-state index is 0.216. The Balaban J connectivity index is 3.27. The Hall–Kier alpha value is -1.62. The van der Waals surface area contributed by atoms with Gasteiger partial charge < -0.3 is 5.11 Å². The Morgan fingerprint density at radius 3 is 2.44 bits per heavy atom. The highest BCUT2D eigenvalue weighted by Gasteiger charge is 2.19. The van der Waals surface area contributed by atoms with E-state index in [0.717, 1.165) is 6.08 Å². The van der Waals surface area contributed by atoms with E-state index in [1.165, 1.54) is 12.1 Å². The van der Waals surface area contributed by atoms with Crippen LogP contribution in [0.15, 0.2) is 35.2 Å². The van der Waals surface area contributed by atoms with E-state index in [-0.39, 0.29) is 4.90 Å². The molecule has 0 atom stereocenters. The van der Waals surface area contributed by atoms with Crippen molar-refractivity contribution in [1.82, 2.24) is 0 Å². The Bertz CT molecular complexity index is 583. The molecule has 18 heavy (non-hydrogen) atoms. The van der Waals surface area contributed by atoms with E-state index in [1.807, 2.05) is 0 Å². The van der Waals surface area contributed by atoms with Crippen LogP contribution in [0.4, 0.5) is 0 Å². The van der Waals surface area contributed by atoms with Crippen LogP contribution < -0.4 is 0 Å². The molecule has 0 aliphatic heterocycles. The second-order valence-electron chi connectivity index (χ2n) is 4.29. The van der Waals surface area contributed by atoms with Crippen LogP contribution in [-0.4, -0.2) is 24.7 Å². The second kappa shape index (κ2) is 5.35. The van der Waals surface area contributed by atoms with Crippen molar-refractivity contribution in [2.45, 2.75) is 30.9 Å². The van der Waals surface area contributed by atoms with E-state index in [9.17, 15) is 13.2 Å². The topological polar surface area (TPSA) is 71.4 Å². The van der Waals surface area contributed by atoms with Crippen molar-refractivity contribution in [3.8, 4) is 0 Å². The summed E-state index contributed by atoms with van der Waals surface area (Å²) in [7, 11) is -3.34. The molecule has 0 spiro atoms. The highest BCUT2D eigenvalue weighted by molar-refractivity contribution is 7.92. The normalized spacial score (nSPS) is 12.8. The first-order valence-corrected chi connectivity index (χ1v) is 7.05. The molecular formula is C13H16O4S. The number of carbonyl (C=O) groups is 1. The van der Waals surface area contributed by atoms with Gasteiger partial charge in [-0.25, -0.2) is 13.2 Å². The Morgan fingerprint density at radius 2 is 1.94 bits per heavy atom. The lowest BCUT2D eigenvalue weighted by Crippen LogP contribution is -2.14. The fourth-order valence-electron chi connectivity index (χ4n) is 1.46. The van der Waals surface area contributed by atoms with Gasteiger partial charge in [0.2, 0.25) is 0 Å². The number of aliphatic carboxylic acids is 1. The summed E-state index contributed by atoms with van der Waals surface area (Å²) in [5.41, 5.74) is 1.11. The molecule has 0 saturated heterocycles. The average molecular weight is 268 g/mol. The summed E-state index contributed by atoms with van der Waals surface area (Å²) in [6, 6.07) is 6.33. The highest BCUT2D eigenvalue weighted by Crippen LogP contribution is 2.21. The minimum Gasteiger partial charge on any atom is -0.478 e. The molecule has 98 valence electrons. The number of benzene rings is 1. The third kappa shape index (κ3) is 3.20. The Labute approximate surface area is 107 Å². The maximum absolute atomic E-state index is 12.0. The van der Waals surface area contributed by atoms with Crippen molar-refractivity contribution in [3.05, 3.63) is 35.9 Å². The summed E-state index contributed by atoms with van der Waals surface area (Å²) in [6.45, 7) is 4.86. The van der Waals surface area contributed by atoms with Crippen molar-refractivity contribution in [3.63, 3.8) is 0 Å². The van der Waals surface area contributed by atoms with E-state index in [1.54, 1.807) is 32.9 Å². The zero-order valence-corrected chi connectivity index (χ0v) is 11.4. The summed E-state index contributed by atoms with van der Waals surface area (Å²) in [6.07, 6.45) is 1.06. The van der Waals surface area contributed by atoms with Gasteiger partial charge in [0.15, 0.2) is 9.84 Å². The molecule has 0 amide bonds. The zero-order valence-electron chi connectivity index (χ0n) is 10.5. The first kappa shape index (κ1) is 14.4. The van der Waals surface area contributed by atoms with Gasteiger partial charge in [0.1, 0.15) is 0 Å². The smallest absolute Gasteiger partial charge is 0.328 e. The molecule has 0 fully saturated rings. The van der Waals surface area contributed by atoms with Crippen LogP contribution >= 0.6 is 0 Å². The third-order valence-electron chi connectivity index (χ3n) is 2.58. The Morgan fingerprint density at radius 1 is 1.33 bits per heavy atom. The summed E-state index contributed by atoms with van der Waals surface area (Å²) in [5.74, 6) is -1.05. The van der Waals surface area contributed by atoms with Gasteiger partial charge in [-0.3, -0.25) is 0 Å². The van der Waals surface area contributed by atoms with E-state index in [2.05, 4.69) is 0 Å². The number of carboxylic acid groups (broad SMARTS) is 1. The van der Waals surface area contributed by atoms with Crippen molar-refractivity contribution >= 4 is 21.4 Å². The van der Waals surface area contributed by atoms with E-state index < -0.39 is 21.1 Å². The van der Waals surface area contributed by atoms with Gasteiger partial charge in [0, 0.05) is 6.08 Å². The van der Waals surface area contributed by atoms with E-state index >= 15 is 0 Å². The summed E-state index contributed by atoms with van der Waals surface area (Å²) in [5, 5.41) is 8.16. The van der Waals surface area contributed by atoms with Crippen molar-refractivity contribution < 1.29 is 18.3 Å². The molecule has 0 aliphatic rings. The fraction of sp³-hybridized carbons (Fsp3) is 0.308. The van der Waals surface area contributed by atoms with Crippen LogP contribution in [0.2, 0.25) is 0 Å². The standard InChI is InChI=1S/C13H16O4S/c1-9(2)18(16,17)12-6-4-5-11(8-12)10(3)7-13(14)15/h4-9H,1-3H3,(H,14,15)/b10-7+. The molecule has 0 radical (unpaired) electrons. The number of rotatable bonds is 4. The highest BCUT2D eigenvalue weighted by atomic mass is 32.2. The van der Waals surface area contributed by atoms with Crippen LogP contribution in [0.3, 0.4) is 0 Å². The molecule has 0 bridgehead atoms. The first-order valence-electron chi connectivity index (χ1n) is 5.50. The number of hydrogen-bond acceptors (Lipinski definition) is 3. The van der Waals surface area contributed by atoms with Gasteiger partial charge >= 0.3 is 5.97 Å². The third-order valence-corrected chi connectivity index (χ3v) is 4.73. The van der Waals surface area contributed by atoms with E-state index in [0.29, 0.717) is 11.1 Å². The molecule has 1 aromatic rings. The molecule has 0 aliphatic carbocycles. The predicted octanol–water partition coefficient (Wildman–Crippen LogP) is 2.36. The van der Waals surface area contributed by atoms with Gasteiger partial charge in [0.25, 0.3) is 0 Å². The number of hydrogen-bond donors (Lipinski definition) is 1.